The van der Waals surface area contributed by atoms with Gasteiger partial charge >= 0.3 is 0 Å². The molecule has 2 atom stereocenters. The van der Waals surface area contributed by atoms with Crippen molar-refractivity contribution < 1.29 is 0 Å². The third-order valence-electron chi connectivity index (χ3n) is 4.05. The Morgan fingerprint density at radius 2 is 2.21 bits per heavy atom. The topological polar surface area (TPSA) is 50.9 Å². The van der Waals surface area contributed by atoms with E-state index in [4.69, 9.17) is 5.73 Å². The van der Waals surface area contributed by atoms with Crippen molar-refractivity contribution in [2.45, 2.75) is 32.2 Å². The minimum atomic E-state index is 0.520. The van der Waals surface area contributed by atoms with Crippen LogP contribution >= 0.6 is 15.9 Å². The number of nitrogens with zero attached hydrogens (tertiary/aromatic N) is 1. The van der Waals surface area contributed by atoms with Crippen molar-refractivity contribution in [3.63, 3.8) is 0 Å². The maximum Gasteiger partial charge on any atom is 0.0743 e. The molecule has 2 aromatic rings. The van der Waals surface area contributed by atoms with Crippen molar-refractivity contribution in [2.24, 2.45) is 5.92 Å². The Hall–Kier alpha value is -1.29. The van der Waals surface area contributed by atoms with E-state index in [1.165, 1.54) is 19.3 Å². The lowest BCUT2D eigenvalue weighted by Crippen LogP contribution is -2.22. The molecule has 0 aliphatic heterocycles. The summed E-state index contributed by atoms with van der Waals surface area (Å²) in [6.45, 7) is 2.31. The maximum atomic E-state index is 6.12. The van der Waals surface area contributed by atoms with Gasteiger partial charge in [-0.25, -0.2) is 0 Å². The van der Waals surface area contributed by atoms with Crippen LogP contribution in [0.25, 0.3) is 10.9 Å². The number of pyridine rings is 1. The van der Waals surface area contributed by atoms with Gasteiger partial charge in [0.2, 0.25) is 0 Å². The fourth-order valence-corrected chi connectivity index (χ4v) is 3.25. The van der Waals surface area contributed by atoms with E-state index in [0.717, 1.165) is 26.8 Å². The minimum absolute atomic E-state index is 0.520. The molecule has 1 aliphatic rings. The Kier molecular flexibility index (Phi) is 3.35. The predicted molar refractivity (Wildman–Crippen MR) is 84.3 cm³/mol. The fraction of sp³-hybridized carbons (Fsp3) is 0.400. The minimum Gasteiger partial charge on any atom is -0.396 e. The average Bonchev–Trinajstić information content (AvgIpc) is 2.79. The van der Waals surface area contributed by atoms with Crippen molar-refractivity contribution >= 4 is 38.2 Å². The van der Waals surface area contributed by atoms with Crippen LogP contribution in [-0.4, -0.2) is 11.0 Å². The summed E-state index contributed by atoms with van der Waals surface area (Å²) in [7, 11) is 0. The first kappa shape index (κ1) is 12.7. The van der Waals surface area contributed by atoms with E-state index in [2.05, 4.69) is 39.2 Å². The first-order chi connectivity index (χ1) is 9.15. The zero-order valence-electron chi connectivity index (χ0n) is 11.0. The summed E-state index contributed by atoms with van der Waals surface area (Å²) in [5, 5.41) is 4.73. The highest BCUT2D eigenvalue weighted by molar-refractivity contribution is 9.10. The van der Waals surface area contributed by atoms with Crippen LogP contribution < -0.4 is 11.1 Å². The number of anilines is 2. The number of halogens is 1. The second kappa shape index (κ2) is 5.00. The standard InChI is InChI=1S/C15H18BrN3/c1-9-3-2-4-13(9)19-15-11-7-10(16)5-6-14(11)18-8-12(15)17/h5-9,13H,2-4,17H2,1H3,(H,18,19). The fourth-order valence-electron chi connectivity index (χ4n) is 2.89. The Morgan fingerprint density at radius 1 is 1.37 bits per heavy atom. The van der Waals surface area contributed by atoms with Gasteiger partial charge in [-0.1, -0.05) is 29.3 Å². The van der Waals surface area contributed by atoms with Crippen LogP contribution in [0.3, 0.4) is 0 Å². The number of nitrogens with two attached hydrogens (primary N) is 1. The average molecular weight is 320 g/mol. The zero-order chi connectivity index (χ0) is 13.4. The number of hydrogen-bond donors (Lipinski definition) is 2. The maximum absolute atomic E-state index is 6.12. The molecule has 100 valence electrons. The van der Waals surface area contributed by atoms with Crippen molar-refractivity contribution in [3.8, 4) is 0 Å². The van der Waals surface area contributed by atoms with Crippen LogP contribution in [0.4, 0.5) is 11.4 Å². The van der Waals surface area contributed by atoms with Crippen LogP contribution in [0, 0.1) is 5.92 Å². The molecule has 0 spiro atoms. The summed E-state index contributed by atoms with van der Waals surface area (Å²) < 4.78 is 1.05. The molecule has 1 heterocycles. The number of fused-ring (bicyclic) bond motifs is 1. The quantitative estimate of drug-likeness (QED) is 0.873. The SMILES string of the molecule is CC1CCCC1Nc1c(N)cnc2ccc(Br)cc12. The smallest absolute Gasteiger partial charge is 0.0743 e. The van der Waals surface area contributed by atoms with Gasteiger partial charge in [0.15, 0.2) is 0 Å². The van der Waals surface area contributed by atoms with E-state index in [9.17, 15) is 0 Å². The molecule has 4 heteroatoms. The summed E-state index contributed by atoms with van der Waals surface area (Å²) in [6, 6.07) is 6.63. The number of rotatable bonds is 2. The van der Waals surface area contributed by atoms with Gasteiger partial charge in [-0.2, -0.15) is 0 Å². The molecule has 3 nitrogen and oxygen atoms in total. The lowest BCUT2D eigenvalue weighted by atomic mass is 10.1. The lowest BCUT2D eigenvalue weighted by Gasteiger charge is -2.21. The van der Waals surface area contributed by atoms with Gasteiger partial charge in [-0.05, 0) is 37.0 Å². The molecular weight excluding hydrogens is 302 g/mol. The van der Waals surface area contributed by atoms with E-state index < -0.39 is 0 Å². The van der Waals surface area contributed by atoms with E-state index in [0.29, 0.717) is 12.0 Å². The summed E-state index contributed by atoms with van der Waals surface area (Å²) in [5.41, 5.74) is 8.86. The number of nitrogens with one attached hydrogen (secondary N) is 1. The van der Waals surface area contributed by atoms with Crippen LogP contribution in [-0.2, 0) is 0 Å². The predicted octanol–water partition coefficient (Wildman–Crippen LogP) is 4.18. The van der Waals surface area contributed by atoms with E-state index in [1.807, 2.05) is 12.1 Å². The summed E-state index contributed by atoms with van der Waals surface area (Å²) in [4.78, 5) is 4.39. The molecule has 1 aromatic carbocycles. The Bertz CT molecular complexity index is 606. The van der Waals surface area contributed by atoms with Crippen LogP contribution in [0.15, 0.2) is 28.9 Å². The van der Waals surface area contributed by atoms with Gasteiger partial charge in [0, 0.05) is 15.9 Å². The summed E-state index contributed by atoms with van der Waals surface area (Å²) >= 11 is 3.52. The molecule has 19 heavy (non-hydrogen) atoms. The summed E-state index contributed by atoms with van der Waals surface area (Å²) in [5.74, 6) is 0.703. The van der Waals surface area contributed by atoms with Gasteiger partial charge in [-0.3, -0.25) is 4.98 Å². The molecule has 0 amide bonds. The zero-order valence-corrected chi connectivity index (χ0v) is 12.6. The Morgan fingerprint density at radius 3 is 2.95 bits per heavy atom. The van der Waals surface area contributed by atoms with E-state index in [1.54, 1.807) is 6.20 Å². The normalized spacial score (nSPS) is 22.8. The molecule has 1 aliphatic carbocycles. The molecule has 1 saturated carbocycles. The molecule has 3 rings (SSSR count). The van der Waals surface area contributed by atoms with Crippen LogP contribution in [0.2, 0.25) is 0 Å². The van der Waals surface area contributed by atoms with Gasteiger partial charge in [0.25, 0.3) is 0 Å². The molecule has 0 radical (unpaired) electrons. The monoisotopic (exact) mass is 319 g/mol. The van der Waals surface area contributed by atoms with E-state index >= 15 is 0 Å². The first-order valence-electron chi connectivity index (χ1n) is 6.75. The highest BCUT2D eigenvalue weighted by atomic mass is 79.9. The van der Waals surface area contributed by atoms with Crippen molar-refractivity contribution in [1.82, 2.24) is 4.98 Å². The lowest BCUT2D eigenvalue weighted by molar-refractivity contribution is 0.557. The van der Waals surface area contributed by atoms with Crippen LogP contribution in [0.5, 0.6) is 0 Å². The molecular formula is C15H18BrN3. The molecule has 1 fully saturated rings. The Balaban J connectivity index is 2.05. The van der Waals surface area contributed by atoms with Gasteiger partial charge in [0.1, 0.15) is 0 Å². The van der Waals surface area contributed by atoms with Gasteiger partial charge < -0.3 is 11.1 Å². The van der Waals surface area contributed by atoms with Crippen LogP contribution in [0.1, 0.15) is 26.2 Å². The Labute approximate surface area is 121 Å². The molecule has 3 N–H and O–H groups in total. The number of hydrogen-bond acceptors (Lipinski definition) is 3. The molecule has 2 unspecified atom stereocenters. The second-order valence-corrected chi connectivity index (χ2v) is 6.32. The molecule has 1 aromatic heterocycles. The molecule has 0 bridgehead atoms. The third-order valence-corrected chi connectivity index (χ3v) is 4.54. The van der Waals surface area contributed by atoms with Crippen molar-refractivity contribution in [2.75, 3.05) is 11.1 Å². The number of aromatic nitrogens is 1. The first-order valence-corrected chi connectivity index (χ1v) is 7.55. The number of benzene rings is 1. The largest absolute Gasteiger partial charge is 0.396 e. The van der Waals surface area contributed by atoms with Crippen molar-refractivity contribution in [3.05, 3.63) is 28.9 Å². The highest BCUT2D eigenvalue weighted by Gasteiger charge is 2.24. The van der Waals surface area contributed by atoms with Crippen molar-refractivity contribution in [1.29, 1.82) is 0 Å². The van der Waals surface area contributed by atoms with Gasteiger partial charge in [0.05, 0.1) is 23.1 Å². The van der Waals surface area contributed by atoms with E-state index in [-0.39, 0.29) is 0 Å². The van der Waals surface area contributed by atoms with Gasteiger partial charge in [-0.15, -0.1) is 0 Å². The third kappa shape index (κ3) is 2.41. The number of nitrogen functional groups attached to an aromatic ring is 1. The molecule has 0 saturated heterocycles. The summed E-state index contributed by atoms with van der Waals surface area (Å²) in [6.07, 6.45) is 5.56. The highest BCUT2D eigenvalue weighted by Crippen LogP contribution is 2.34. The second-order valence-electron chi connectivity index (χ2n) is 5.41.